The highest BCUT2D eigenvalue weighted by molar-refractivity contribution is 7.98. The first-order valence-corrected chi connectivity index (χ1v) is 5.81. The van der Waals surface area contributed by atoms with Gasteiger partial charge in [0.1, 0.15) is 5.75 Å². The summed E-state index contributed by atoms with van der Waals surface area (Å²) in [4.78, 5) is 0.919. The van der Waals surface area contributed by atoms with Crippen molar-refractivity contribution >= 4 is 11.8 Å². The molecule has 1 aromatic rings. The van der Waals surface area contributed by atoms with E-state index in [2.05, 4.69) is 13.8 Å². The molecule has 0 bridgehead atoms. The van der Waals surface area contributed by atoms with Crippen molar-refractivity contribution in [1.29, 1.82) is 0 Å². The van der Waals surface area contributed by atoms with Gasteiger partial charge in [-0.2, -0.15) is 0 Å². The molecule has 2 nitrogen and oxygen atoms in total. The van der Waals surface area contributed by atoms with Gasteiger partial charge in [-0.15, -0.1) is 11.8 Å². The van der Waals surface area contributed by atoms with E-state index in [0.717, 1.165) is 10.5 Å². The summed E-state index contributed by atoms with van der Waals surface area (Å²) in [5.41, 5.74) is 2.08. The van der Waals surface area contributed by atoms with Crippen LogP contribution in [0.15, 0.2) is 17.0 Å². The minimum atomic E-state index is -0.215. The number of benzene rings is 1. The van der Waals surface area contributed by atoms with Crippen LogP contribution in [-0.2, 0) is 16.9 Å². The van der Waals surface area contributed by atoms with E-state index in [-0.39, 0.29) is 5.60 Å². The molecule has 0 atom stereocenters. The van der Waals surface area contributed by atoms with E-state index < -0.39 is 0 Å². The van der Waals surface area contributed by atoms with Crippen molar-refractivity contribution < 1.29 is 9.84 Å². The van der Waals surface area contributed by atoms with Gasteiger partial charge in [0.05, 0.1) is 12.2 Å². The van der Waals surface area contributed by atoms with Gasteiger partial charge in [0.2, 0.25) is 0 Å². The SMILES string of the molecule is CSc1cc2c(cc1O)COC2(C)C. The van der Waals surface area contributed by atoms with E-state index >= 15 is 0 Å². The minimum absolute atomic E-state index is 0.215. The Hall–Kier alpha value is -0.670. The molecule has 76 valence electrons. The zero-order valence-electron chi connectivity index (χ0n) is 8.63. The lowest BCUT2D eigenvalue weighted by molar-refractivity contribution is -0.00796. The van der Waals surface area contributed by atoms with Crippen LogP contribution < -0.4 is 0 Å². The standard InChI is InChI=1S/C11H14O2S/c1-11(2)8-5-10(14-3)9(12)4-7(8)6-13-11/h4-5,12H,6H2,1-3H3. The van der Waals surface area contributed by atoms with Gasteiger partial charge in [0.25, 0.3) is 0 Å². The molecule has 1 aromatic carbocycles. The van der Waals surface area contributed by atoms with Crippen LogP contribution >= 0.6 is 11.8 Å². The van der Waals surface area contributed by atoms with Crippen molar-refractivity contribution in [3.63, 3.8) is 0 Å². The van der Waals surface area contributed by atoms with Crippen LogP contribution in [0.2, 0.25) is 0 Å². The van der Waals surface area contributed by atoms with Gasteiger partial charge in [-0.05, 0) is 43.4 Å². The van der Waals surface area contributed by atoms with E-state index in [1.807, 2.05) is 18.4 Å². The summed E-state index contributed by atoms with van der Waals surface area (Å²) >= 11 is 1.56. The monoisotopic (exact) mass is 210 g/mol. The lowest BCUT2D eigenvalue weighted by Gasteiger charge is -2.18. The maximum atomic E-state index is 9.67. The number of fused-ring (bicyclic) bond motifs is 1. The lowest BCUT2D eigenvalue weighted by atomic mass is 9.96. The number of ether oxygens (including phenoxy) is 1. The highest BCUT2D eigenvalue weighted by atomic mass is 32.2. The van der Waals surface area contributed by atoms with Gasteiger partial charge < -0.3 is 9.84 Å². The van der Waals surface area contributed by atoms with Crippen molar-refractivity contribution in [2.45, 2.75) is 31.0 Å². The molecule has 1 heterocycles. The van der Waals surface area contributed by atoms with Crippen LogP contribution in [0.25, 0.3) is 0 Å². The normalized spacial score (nSPS) is 18.2. The number of hydrogen-bond acceptors (Lipinski definition) is 3. The predicted octanol–water partition coefficient (Wildman–Crippen LogP) is 2.88. The van der Waals surface area contributed by atoms with Gasteiger partial charge in [-0.25, -0.2) is 0 Å². The molecule has 0 unspecified atom stereocenters. The highest BCUT2D eigenvalue weighted by Crippen LogP contribution is 2.41. The zero-order chi connectivity index (χ0) is 10.3. The van der Waals surface area contributed by atoms with E-state index in [1.165, 1.54) is 5.56 Å². The van der Waals surface area contributed by atoms with Crippen molar-refractivity contribution in [3.8, 4) is 5.75 Å². The maximum Gasteiger partial charge on any atom is 0.129 e. The van der Waals surface area contributed by atoms with E-state index in [0.29, 0.717) is 12.4 Å². The summed E-state index contributed by atoms with van der Waals surface area (Å²) in [6.07, 6.45) is 1.96. The van der Waals surface area contributed by atoms with E-state index in [9.17, 15) is 5.11 Å². The van der Waals surface area contributed by atoms with Crippen LogP contribution in [0.5, 0.6) is 5.75 Å². The molecule has 0 saturated heterocycles. The largest absolute Gasteiger partial charge is 0.507 e. The Morgan fingerprint density at radius 1 is 1.43 bits per heavy atom. The Bertz CT molecular complexity index is 372. The molecule has 0 radical (unpaired) electrons. The average Bonchev–Trinajstić information content (AvgIpc) is 2.41. The summed E-state index contributed by atoms with van der Waals surface area (Å²) in [5.74, 6) is 0.359. The molecule has 3 heteroatoms. The fourth-order valence-corrected chi connectivity index (χ4v) is 2.29. The first-order valence-electron chi connectivity index (χ1n) is 4.59. The second-order valence-corrected chi connectivity index (χ2v) is 4.83. The number of thioether (sulfide) groups is 1. The Labute approximate surface area is 88.3 Å². The van der Waals surface area contributed by atoms with E-state index in [1.54, 1.807) is 11.8 Å². The maximum absolute atomic E-state index is 9.67. The molecule has 1 aliphatic rings. The third-order valence-electron chi connectivity index (χ3n) is 2.64. The second-order valence-electron chi connectivity index (χ2n) is 3.98. The van der Waals surface area contributed by atoms with Crippen molar-refractivity contribution in [1.82, 2.24) is 0 Å². The molecule has 14 heavy (non-hydrogen) atoms. The highest BCUT2D eigenvalue weighted by Gasteiger charge is 2.31. The van der Waals surface area contributed by atoms with Gasteiger partial charge in [-0.1, -0.05) is 0 Å². The molecule has 0 fully saturated rings. The minimum Gasteiger partial charge on any atom is -0.507 e. The van der Waals surface area contributed by atoms with Crippen LogP contribution in [0, 0.1) is 0 Å². The fraction of sp³-hybridized carbons (Fsp3) is 0.455. The molecular formula is C11H14O2S. The number of phenols is 1. The molecule has 0 amide bonds. The predicted molar refractivity (Wildman–Crippen MR) is 57.7 cm³/mol. The lowest BCUT2D eigenvalue weighted by Crippen LogP contribution is -2.14. The van der Waals surface area contributed by atoms with Crippen LogP contribution in [0.4, 0.5) is 0 Å². The first-order chi connectivity index (χ1) is 6.54. The summed E-state index contributed by atoms with van der Waals surface area (Å²) in [6, 6.07) is 3.85. The molecular weight excluding hydrogens is 196 g/mol. The van der Waals surface area contributed by atoms with Crippen molar-refractivity contribution in [2.24, 2.45) is 0 Å². The smallest absolute Gasteiger partial charge is 0.129 e. The van der Waals surface area contributed by atoms with E-state index in [4.69, 9.17) is 4.74 Å². The van der Waals surface area contributed by atoms with Crippen molar-refractivity contribution in [2.75, 3.05) is 6.26 Å². The Balaban J connectivity index is 2.56. The van der Waals surface area contributed by atoms with Gasteiger partial charge in [0.15, 0.2) is 0 Å². The Morgan fingerprint density at radius 3 is 2.79 bits per heavy atom. The topological polar surface area (TPSA) is 29.5 Å². The summed E-state index contributed by atoms with van der Waals surface area (Å²) in [5, 5.41) is 9.67. The third-order valence-corrected chi connectivity index (χ3v) is 3.41. The quantitative estimate of drug-likeness (QED) is 0.723. The second kappa shape index (κ2) is 3.17. The number of aromatic hydroxyl groups is 1. The molecule has 1 N–H and O–H groups in total. The number of phenolic OH excluding ortho intramolecular Hbond substituents is 1. The molecule has 0 saturated carbocycles. The number of rotatable bonds is 1. The summed E-state index contributed by atoms with van der Waals surface area (Å²) < 4.78 is 5.64. The third kappa shape index (κ3) is 1.41. The van der Waals surface area contributed by atoms with Crippen LogP contribution in [0.1, 0.15) is 25.0 Å². The average molecular weight is 210 g/mol. The molecule has 2 rings (SSSR count). The summed E-state index contributed by atoms with van der Waals surface area (Å²) in [7, 11) is 0. The zero-order valence-corrected chi connectivity index (χ0v) is 9.44. The number of hydrogen-bond donors (Lipinski definition) is 1. The van der Waals surface area contributed by atoms with Gasteiger partial charge in [-0.3, -0.25) is 0 Å². The molecule has 0 aromatic heterocycles. The molecule has 1 aliphatic heterocycles. The van der Waals surface area contributed by atoms with Crippen LogP contribution in [-0.4, -0.2) is 11.4 Å². The van der Waals surface area contributed by atoms with Gasteiger partial charge in [0, 0.05) is 4.90 Å². The first kappa shape index (κ1) is 9.87. The van der Waals surface area contributed by atoms with Crippen LogP contribution in [0.3, 0.4) is 0 Å². The fourth-order valence-electron chi connectivity index (χ4n) is 1.79. The Kier molecular flexibility index (Phi) is 2.24. The van der Waals surface area contributed by atoms with Gasteiger partial charge >= 0.3 is 0 Å². The van der Waals surface area contributed by atoms with Crippen molar-refractivity contribution in [3.05, 3.63) is 23.3 Å². The molecule has 0 aliphatic carbocycles. The summed E-state index contributed by atoms with van der Waals surface area (Å²) in [6.45, 7) is 4.71. The molecule has 0 spiro atoms. The Morgan fingerprint density at radius 2 is 2.14 bits per heavy atom.